The largest absolute Gasteiger partial charge is 0.493 e. The first kappa shape index (κ1) is 20.8. The van der Waals surface area contributed by atoms with E-state index in [0.29, 0.717) is 30.1 Å². The number of nitrogens with zero attached hydrogens (tertiary/aromatic N) is 1. The van der Waals surface area contributed by atoms with Gasteiger partial charge in [-0.3, -0.25) is 4.79 Å². The van der Waals surface area contributed by atoms with E-state index in [4.69, 9.17) is 25.8 Å². The number of rotatable bonds is 6. The minimum atomic E-state index is -0.603. The maximum absolute atomic E-state index is 12.7. The van der Waals surface area contributed by atoms with Crippen LogP contribution in [0.3, 0.4) is 0 Å². The van der Waals surface area contributed by atoms with E-state index in [1.165, 1.54) is 38.5 Å². The predicted molar refractivity (Wildman–Crippen MR) is 106 cm³/mol. The molecule has 1 aliphatic heterocycles. The molecule has 2 fully saturated rings. The number of piperidine rings is 1. The minimum absolute atomic E-state index is 0.117. The van der Waals surface area contributed by atoms with E-state index >= 15 is 0 Å². The van der Waals surface area contributed by atoms with Crippen LogP contribution in [-0.4, -0.2) is 49.7 Å². The Kier molecular flexibility index (Phi) is 7.05. The molecular formula is C21H28ClNO5. The highest BCUT2D eigenvalue weighted by atomic mass is 35.5. The van der Waals surface area contributed by atoms with E-state index in [-0.39, 0.29) is 23.1 Å². The smallest absolute Gasteiger partial charge is 0.338 e. The zero-order valence-electron chi connectivity index (χ0n) is 16.5. The molecule has 0 spiro atoms. The van der Waals surface area contributed by atoms with Crippen molar-refractivity contribution in [3.8, 4) is 11.5 Å². The summed E-state index contributed by atoms with van der Waals surface area (Å²) in [6, 6.07) is 3.29. The number of carbonyl (C=O) groups is 2. The summed E-state index contributed by atoms with van der Waals surface area (Å²) in [5.74, 6) is 0.615. The third kappa shape index (κ3) is 4.54. The molecular weight excluding hydrogens is 382 g/mol. The van der Waals surface area contributed by atoms with Crippen LogP contribution in [0.5, 0.6) is 11.5 Å². The number of esters is 1. The number of benzene rings is 1. The molecule has 154 valence electrons. The number of likely N-dealkylation sites (tertiary alicyclic amines) is 1. The molecule has 1 saturated carbocycles. The lowest BCUT2D eigenvalue weighted by Gasteiger charge is -2.44. The number of ether oxygens (including phenoxy) is 3. The number of methoxy groups -OCH3 is 1. The molecule has 2 aliphatic rings. The van der Waals surface area contributed by atoms with Crippen LogP contribution in [0.25, 0.3) is 0 Å². The van der Waals surface area contributed by atoms with E-state index in [1.54, 1.807) is 0 Å². The van der Waals surface area contributed by atoms with Gasteiger partial charge in [0, 0.05) is 12.6 Å². The monoisotopic (exact) mass is 409 g/mol. The minimum Gasteiger partial charge on any atom is -0.493 e. The SMILES string of the molecule is CCOc1c(Cl)cc(C(=O)OCC(=O)N2CCC[C@@H]3CCCC[C@@H]32)cc1OC. The number of carbonyl (C=O) groups excluding carboxylic acids is 2. The first-order chi connectivity index (χ1) is 13.5. The second-order valence-corrected chi connectivity index (χ2v) is 7.75. The predicted octanol–water partition coefficient (Wildman–Crippen LogP) is 4.09. The van der Waals surface area contributed by atoms with Gasteiger partial charge in [-0.1, -0.05) is 24.4 Å². The van der Waals surface area contributed by atoms with Crippen molar-refractivity contribution < 1.29 is 23.8 Å². The van der Waals surface area contributed by atoms with Gasteiger partial charge in [-0.2, -0.15) is 0 Å². The van der Waals surface area contributed by atoms with Crippen LogP contribution in [0, 0.1) is 5.92 Å². The first-order valence-electron chi connectivity index (χ1n) is 10.0. The van der Waals surface area contributed by atoms with Gasteiger partial charge < -0.3 is 19.1 Å². The molecule has 0 aromatic heterocycles. The van der Waals surface area contributed by atoms with Crippen molar-refractivity contribution in [2.24, 2.45) is 5.92 Å². The van der Waals surface area contributed by atoms with Gasteiger partial charge in [-0.15, -0.1) is 0 Å². The molecule has 3 rings (SSSR count). The fourth-order valence-corrected chi connectivity index (χ4v) is 4.62. The van der Waals surface area contributed by atoms with Crippen LogP contribution in [0.1, 0.15) is 55.8 Å². The summed E-state index contributed by atoms with van der Waals surface area (Å²) in [5, 5.41) is 0.264. The summed E-state index contributed by atoms with van der Waals surface area (Å²) in [6.07, 6.45) is 6.87. The fraction of sp³-hybridized carbons (Fsp3) is 0.619. The molecule has 0 unspecified atom stereocenters. The van der Waals surface area contributed by atoms with Crippen LogP contribution in [-0.2, 0) is 9.53 Å². The van der Waals surface area contributed by atoms with Gasteiger partial charge in [0.1, 0.15) is 0 Å². The standard InChI is InChI=1S/C21H28ClNO5/c1-3-27-20-16(22)11-15(12-18(20)26-2)21(25)28-13-19(24)23-10-6-8-14-7-4-5-9-17(14)23/h11-12,14,17H,3-10,13H2,1-2H3/t14-,17-/m0/s1. The number of hydrogen-bond acceptors (Lipinski definition) is 5. The van der Waals surface area contributed by atoms with Crippen LogP contribution in [0.4, 0.5) is 0 Å². The van der Waals surface area contributed by atoms with Crippen molar-refractivity contribution in [1.82, 2.24) is 4.90 Å². The van der Waals surface area contributed by atoms with Gasteiger partial charge in [-0.05, 0) is 50.7 Å². The Morgan fingerprint density at radius 2 is 1.93 bits per heavy atom. The molecule has 1 saturated heterocycles. The Labute approximate surface area is 171 Å². The Balaban J connectivity index is 1.63. The zero-order chi connectivity index (χ0) is 20.1. The van der Waals surface area contributed by atoms with Crippen LogP contribution < -0.4 is 9.47 Å². The second-order valence-electron chi connectivity index (χ2n) is 7.34. The van der Waals surface area contributed by atoms with E-state index in [1.807, 2.05) is 11.8 Å². The van der Waals surface area contributed by atoms with Crippen molar-refractivity contribution in [2.75, 3.05) is 26.9 Å². The molecule has 0 bridgehead atoms. The average Bonchev–Trinajstić information content (AvgIpc) is 2.72. The Morgan fingerprint density at radius 1 is 1.18 bits per heavy atom. The average molecular weight is 410 g/mol. The second kappa shape index (κ2) is 9.50. The number of hydrogen-bond donors (Lipinski definition) is 0. The third-order valence-electron chi connectivity index (χ3n) is 5.64. The highest BCUT2D eigenvalue weighted by molar-refractivity contribution is 6.32. The summed E-state index contributed by atoms with van der Waals surface area (Å²) in [4.78, 5) is 27.1. The van der Waals surface area contributed by atoms with Crippen LogP contribution >= 0.6 is 11.6 Å². The molecule has 28 heavy (non-hydrogen) atoms. The molecule has 1 amide bonds. The van der Waals surface area contributed by atoms with E-state index < -0.39 is 5.97 Å². The van der Waals surface area contributed by atoms with Crippen molar-refractivity contribution >= 4 is 23.5 Å². The summed E-state index contributed by atoms with van der Waals surface area (Å²) in [6.45, 7) is 2.75. The Hall–Kier alpha value is -1.95. The molecule has 6 nitrogen and oxygen atoms in total. The lowest BCUT2D eigenvalue weighted by Crippen LogP contribution is -2.50. The molecule has 0 N–H and O–H groups in total. The number of amides is 1. The lowest BCUT2D eigenvalue weighted by molar-refractivity contribution is -0.140. The van der Waals surface area contributed by atoms with Gasteiger partial charge in [0.05, 0.1) is 24.3 Å². The Bertz CT molecular complexity index is 721. The molecule has 1 aromatic rings. The summed E-state index contributed by atoms with van der Waals surface area (Å²) in [7, 11) is 1.48. The third-order valence-corrected chi connectivity index (χ3v) is 5.92. The summed E-state index contributed by atoms with van der Waals surface area (Å²) < 4.78 is 16.0. The van der Waals surface area contributed by atoms with Crippen molar-refractivity contribution in [3.05, 3.63) is 22.7 Å². The van der Waals surface area contributed by atoms with E-state index in [2.05, 4.69) is 0 Å². The normalized spacial score (nSPS) is 21.6. The highest BCUT2D eigenvalue weighted by Crippen LogP contribution is 2.37. The molecule has 2 atom stereocenters. The summed E-state index contributed by atoms with van der Waals surface area (Å²) >= 11 is 6.21. The molecule has 0 radical (unpaired) electrons. The topological polar surface area (TPSA) is 65.1 Å². The molecule has 1 heterocycles. The van der Waals surface area contributed by atoms with Gasteiger partial charge in [-0.25, -0.2) is 4.79 Å². The maximum atomic E-state index is 12.7. The van der Waals surface area contributed by atoms with E-state index in [9.17, 15) is 9.59 Å². The zero-order valence-corrected chi connectivity index (χ0v) is 17.3. The Morgan fingerprint density at radius 3 is 2.68 bits per heavy atom. The quantitative estimate of drug-likeness (QED) is 0.662. The van der Waals surface area contributed by atoms with Crippen molar-refractivity contribution in [2.45, 2.75) is 51.5 Å². The van der Waals surface area contributed by atoms with Crippen LogP contribution in [0.15, 0.2) is 12.1 Å². The molecule has 7 heteroatoms. The van der Waals surface area contributed by atoms with Gasteiger partial charge in [0.25, 0.3) is 5.91 Å². The maximum Gasteiger partial charge on any atom is 0.338 e. The van der Waals surface area contributed by atoms with Gasteiger partial charge >= 0.3 is 5.97 Å². The first-order valence-corrected chi connectivity index (χ1v) is 10.4. The van der Waals surface area contributed by atoms with Crippen LogP contribution in [0.2, 0.25) is 5.02 Å². The highest BCUT2D eigenvalue weighted by Gasteiger charge is 2.35. The van der Waals surface area contributed by atoms with Gasteiger partial charge in [0.15, 0.2) is 18.1 Å². The molecule has 1 aromatic carbocycles. The summed E-state index contributed by atoms with van der Waals surface area (Å²) in [5.41, 5.74) is 0.229. The molecule has 1 aliphatic carbocycles. The van der Waals surface area contributed by atoms with Crippen molar-refractivity contribution in [1.29, 1.82) is 0 Å². The fourth-order valence-electron chi connectivity index (χ4n) is 4.35. The van der Waals surface area contributed by atoms with E-state index in [0.717, 1.165) is 25.8 Å². The van der Waals surface area contributed by atoms with Crippen molar-refractivity contribution in [3.63, 3.8) is 0 Å². The lowest BCUT2D eigenvalue weighted by atomic mass is 9.78. The number of fused-ring (bicyclic) bond motifs is 1. The number of halogens is 1. The van der Waals surface area contributed by atoms with Gasteiger partial charge in [0.2, 0.25) is 0 Å².